The van der Waals surface area contributed by atoms with E-state index in [-0.39, 0.29) is 16.6 Å². The molecule has 108 valence electrons. The second-order valence-electron chi connectivity index (χ2n) is 4.70. The van der Waals surface area contributed by atoms with E-state index in [1.165, 1.54) is 18.2 Å². The number of halogens is 1. The third kappa shape index (κ3) is 3.68. The molecule has 0 spiro atoms. The first-order chi connectivity index (χ1) is 9.58. The molecule has 6 nitrogen and oxygen atoms in total. The second kappa shape index (κ2) is 6.67. The zero-order valence-electron chi connectivity index (χ0n) is 10.8. The van der Waals surface area contributed by atoms with Crippen molar-refractivity contribution >= 4 is 23.2 Å². The quantitative estimate of drug-likeness (QED) is 0.668. The van der Waals surface area contributed by atoms with E-state index in [9.17, 15) is 14.9 Å². The van der Waals surface area contributed by atoms with Gasteiger partial charge in [0.15, 0.2) is 0 Å². The Balaban J connectivity index is 1.88. The van der Waals surface area contributed by atoms with Gasteiger partial charge in [-0.25, -0.2) is 0 Å². The number of ether oxygens (including phenoxy) is 1. The van der Waals surface area contributed by atoms with Crippen molar-refractivity contribution < 1.29 is 14.5 Å². The van der Waals surface area contributed by atoms with Crippen molar-refractivity contribution in [3.05, 3.63) is 38.9 Å². The number of benzene rings is 1. The largest absolute Gasteiger partial charge is 0.381 e. The van der Waals surface area contributed by atoms with Gasteiger partial charge >= 0.3 is 0 Å². The lowest BCUT2D eigenvalue weighted by Crippen LogP contribution is -2.26. The molecule has 1 amide bonds. The SMILES string of the molecule is O=C(NCCC1CCOC1)c1ccc([N+](=O)[O-])c(Cl)c1. The van der Waals surface area contributed by atoms with E-state index in [0.717, 1.165) is 26.1 Å². The van der Waals surface area contributed by atoms with E-state index in [0.29, 0.717) is 18.0 Å². The summed E-state index contributed by atoms with van der Waals surface area (Å²) in [6, 6.07) is 3.95. The van der Waals surface area contributed by atoms with E-state index >= 15 is 0 Å². The number of nitrogens with one attached hydrogen (secondary N) is 1. The first kappa shape index (κ1) is 14.7. The molecule has 0 aromatic heterocycles. The maximum Gasteiger partial charge on any atom is 0.287 e. The highest BCUT2D eigenvalue weighted by Gasteiger charge is 2.17. The molecule has 1 aromatic rings. The van der Waals surface area contributed by atoms with Crippen LogP contribution in [0.1, 0.15) is 23.2 Å². The van der Waals surface area contributed by atoms with E-state index in [1.807, 2.05) is 0 Å². The predicted octanol–water partition coefficient (Wildman–Crippen LogP) is 2.40. The number of hydrogen-bond donors (Lipinski definition) is 1. The zero-order valence-corrected chi connectivity index (χ0v) is 11.6. The van der Waals surface area contributed by atoms with Crippen LogP contribution in [0.2, 0.25) is 5.02 Å². The van der Waals surface area contributed by atoms with Crippen molar-refractivity contribution in [1.82, 2.24) is 5.32 Å². The lowest BCUT2D eigenvalue weighted by molar-refractivity contribution is -0.384. The third-order valence-corrected chi connectivity index (χ3v) is 3.57. The number of rotatable bonds is 5. The average molecular weight is 299 g/mol. The molecule has 0 bridgehead atoms. The maximum absolute atomic E-state index is 11.9. The number of nitro groups is 1. The first-order valence-corrected chi connectivity index (χ1v) is 6.75. The van der Waals surface area contributed by atoms with Crippen molar-refractivity contribution in [3.63, 3.8) is 0 Å². The number of nitrogens with zero attached hydrogens (tertiary/aromatic N) is 1. The minimum atomic E-state index is -0.579. The second-order valence-corrected chi connectivity index (χ2v) is 5.10. The molecule has 1 aliphatic heterocycles. The summed E-state index contributed by atoms with van der Waals surface area (Å²) in [4.78, 5) is 21.9. The lowest BCUT2D eigenvalue weighted by Gasteiger charge is -2.09. The molecule has 7 heteroatoms. The number of carbonyl (C=O) groups is 1. The van der Waals surface area contributed by atoms with Crippen LogP contribution in [0.4, 0.5) is 5.69 Å². The Morgan fingerprint density at radius 1 is 1.55 bits per heavy atom. The number of carbonyl (C=O) groups excluding carboxylic acids is 1. The number of nitro benzene ring substituents is 1. The molecule has 1 N–H and O–H groups in total. The molecular weight excluding hydrogens is 284 g/mol. The summed E-state index contributed by atoms with van der Waals surface area (Å²) in [5.74, 6) is 0.219. The van der Waals surface area contributed by atoms with Crippen LogP contribution in [-0.2, 0) is 4.74 Å². The molecule has 0 radical (unpaired) electrons. The van der Waals surface area contributed by atoms with Gasteiger partial charge < -0.3 is 10.1 Å². The molecular formula is C13H15ClN2O4. The Morgan fingerprint density at radius 3 is 2.95 bits per heavy atom. The van der Waals surface area contributed by atoms with Gasteiger partial charge in [0.25, 0.3) is 11.6 Å². The Labute approximate surface area is 121 Å². The summed E-state index contributed by atoms with van der Waals surface area (Å²) >= 11 is 5.77. The monoisotopic (exact) mass is 298 g/mol. The van der Waals surface area contributed by atoms with Crippen LogP contribution in [0.25, 0.3) is 0 Å². The Bertz CT molecular complexity index is 515. The fourth-order valence-electron chi connectivity index (χ4n) is 2.10. The predicted molar refractivity (Wildman–Crippen MR) is 74.0 cm³/mol. The van der Waals surface area contributed by atoms with Crippen LogP contribution in [0, 0.1) is 16.0 Å². The summed E-state index contributed by atoms with van der Waals surface area (Å²) in [5, 5.41) is 13.4. The fraction of sp³-hybridized carbons (Fsp3) is 0.462. The Morgan fingerprint density at radius 2 is 2.35 bits per heavy atom. The van der Waals surface area contributed by atoms with Crippen molar-refractivity contribution in [2.75, 3.05) is 19.8 Å². The van der Waals surface area contributed by atoms with Gasteiger partial charge in [-0.3, -0.25) is 14.9 Å². The van der Waals surface area contributed by atoms with Gasteiger partial charge in [0, 0.05) is 31.4 Å². The minimum Gasteiger partial charge on any atom is -0.381 e. The third-order valence-electron chi connectivity index (χ3n) is 3.27. The summed E-state index contributed by atoms with van der Waals surface area (Å²) in [7, 11) is 0. The van der Waals surface area contributed by atoms with E-state index in [4.69, 9.17) is 16.3 Å². The minimum absolute atomic E-state index is 0.0353. The van der Waals surface area contributed by atoms with Gasteiger partial charge in [-0.1, -0.05) is 11.6 Å². The number of amides is 1. The van der Waals surface area contributed by atoms with Gasteiger partial charge in [-0.15, -0.1) is 0 Å². The number of hydrogen-bond acceptors (Lipinski definition) is 4. The highest BCUT2D eigenvalue weighted by molar-refractivity contribution is 6.33. The van der Waals surface area contributed by atoms with Gasteiger partial charge in [-0.05, 0) is 30.9 Å². The van der Waals surface area contributed by atoms with Crippen molar-refractivity contribution in [3.8, 4) is 0 Å². The summed E-state index contributed by atoms with van der Waals surface area (Å²) in [6.07, 6.45) is 1.89. The smallest absolute Gasteiger partial charge is 0.287 e. The first-order valence-electron chi connectivity index (χ1n) is 6.38. The highest BCUT2D eigenvalue weighted by Crippen LogP contribution is 2.25. The highest BCUT2D eigenvalue weighted by atomic mass is 35.5. The van der Waals surface area contributed by atoms with Crippen molar-refractivity contribution in [2.45, 2.75) is 12.8 Å². The van der Waals surface area contributed by atoms with Gasteiger partial charge in [0.1, 0.15) is 5.02 Å². The molecule has 1 heterocycles. The average Bonchev–Trinajstić information content (AvgIpc) is 2.91. The lowest BCUT2D eigenvalue weighted by atomic mass is 10.1. The van der Waals surface area contributed by atoms with E-state index < -0.39 is 4.92 Å². The van der Waals surface area contributed by atoms with Gasteiger partial charge in [-0.2, -0.15) is 0 Å². The topological polar surface area (TPSA) is 81.5 Å². The molecule has 1 fully saturated rings. The van der Waals surface area contributed by atoms with Crippen molar-refractivity contribution in [1.29, 1.82) is 0 Å². The summed E-state index contributed by atoms with van der Waals surface area (Å²) in [5.41, 5.74) is 0.120. The van der Waals surface area contributed by atoms with Crippen LogP contribution >= 0.6 is 11.6 Å². The Kier molecular flexibility index (Phi) is 4.92. The van der Waals surface area contributed by atoms with Gasteiger partial charge in [0.2, 0.25) is 0 Å². The fourth-order valence-corrected chi connectivity index (χ4v) is 2.35. The van der Waals surface area contributed by atoms with Crippen LogP contribution < -0.4 is 5.32 Å². The maximum atomic E-state index is 11.9. The summed E-state index contributed by atoms with van der Waals surface area (Å²) in [6.45, 7) is 2.09. The molecule has 1 aliphatic rings. The Hall–Kier alpha value is -1.66. The van der Waals surface area contributed by atoms with Crippen molar-refractivity contribution in [2.24, 2.45) is 5.92 Å². The van der Waals surface area contributed by atoms with Crippen LogP contribution in [0.15, 0.2) is 18.2 Å². The molecule has 20 heavy (non-hydrogen) atoms. The van der Waals surface area contributed by atoms with Gasteiger partial charge in [0.05, 0.1) is 4.92 Å². The summed E-state index contributed by atoms with van der Waals surface area (Å²) < 4.78 is 5.26. The molecule has 2 rings (SSSR count). The van der Waals surface area contributed by atoms with Crippen LogP contribution in [0.3, 0.4) is 0 Å². The van der Waals surface area contributed by atoms with Crippen LogP contribution in [0.5, 0.6) is 0 Å². The van der Waals surface area contributed by atoms with Crippen LogP contribution in [-0.4, -0.2) is 30.6 Å². The standard InChI is InChI=1S/C13H15ClN2O4/c14-11-7-10(1-2-12(11)16(18)19)13(17)15-5-3-9-4-6-20-8-9/h1-2,7,9H,3-6,8H2,(H,15,17). The molecule has 1 aromatic carbocycles. The molecule has 0 aliphatic carbocycles. The molecule has 0 saturated carbocycles. The zero-order chi connectivity index (χ0) is 14.5. The molecule has 1 unspecified atom stereocenters. The normalized spacial score (nSPS) is 17.9. The van der Waals surface area contributed by atoms with E-state index in [1.54, 1.807) is 0 Å². The van der Waals surface area contributed by atoms with E-state index in [2.05, 4.69) is 5.32 Å². The molecule has 1 atom stereocenters. The molecule has 1 saturated heterocycles.